The van der Waals surface area contributed by atoms with Crippen molar-refractivity contribution in [2.24, 2.45) is 5.10 Å². The van der Waals surface area contributed by atoms with Crippen molar-refractivity contribution in [2.45, 2.75) is 6.61 Å². The summed E-state index contributed by atoms with van der Waals surface area (Å²) in [6.45, 7) is 0.407. The first-order valence-electron chi connectivity index (χ1n) is 9.49. The molecule has 0 bridgehead atoms. The molecule has 0 aliphatic heterocycles. The Morgan fingerprint density at radius 3 is 2.71 bits per heavy atom. The fourth-order valence-corrected chi connectivity index (χ4v) is 3.15. The summed E-state index contributed by atoms with van der Waals surface area (Å²) in [7, 11) is 1.58. The highest BCUT2D eigenvalue weighted by Gasteiger charge is 2.12. The molecule has 31 heavy (non-hydrogen) atoms. The number of hydrogen-bond donors (Lipinski definition) is 1. The molecule has 0 aliphatic rings. The van der Waals surface area contributed by atoms with Crippen LogP contribution in [0.2, 0.25) is 5.02 Å². The van der Waals surface area contributed by atoms with Gasteiger partial charge in [-0.25, -0.2) is 5.43 Å². The molecule has 0 aliphatic carbocycles. The van der Waals surface area contributed by atoms with Gasteiger partial charge in [-0.3, -0.25) is 4.79 Å². The van der Waals surface area contributed by atoms with Crippen molar-refractivity contribution >= 4 is 34.7 Å². The summed E-state index contributed by atoms with van der Waals surface area (Å²) in [5.41, 5.74) is 4.82. The number of furan rings is 1. The van der Waals surface area contributed by atoms with Crippen LogP contribution in [0.5, 0.6) is 11.5 Å². The van der Waals surface area contributed by atoms with Gasteiger partial charge in [0, 0.05) is 10.4 Å². The zero-order valence-electron chi connectivity index (χ0n) is 16.7. The van der Waals surface area contributed by atoms with Gasteiger partial charge < -0.3 is 13.9 Å². The Balaban J connectivity index is 1.43. The Bertz CT molecular complexity index is 1240. The number of fused-ring (bicyclic) bond motifs is 1. The van der Waals surface area contributed by atoms with E-state index in [2.05, 4.69) is 10.5 Å². The van der Waals surface area contributed by atoms with Crippen LogP contribution >= 0.6 is 11.6 Å². The third kappa shape index (κ3) is 5.05. The van der Waals surface area contributed by atoms with Crippen molar-refractivity contribution < 1.29 is 18.7 Å². The van der Waals surface area contributed by atoms with Gasteiger partial charge in [0.2, 0.25) is 0 Å². The number of amides is 1. The third-order valence-corrected chi connectivity index (χ3v) is 4.74. The van der Waals surface area contributed by atoms with Gasteiger partial charge in [-0.15, -0.1) is 0 Å². The molecule has 0 fully saturated rings. The second-order valence-corrected chi connectivity index (χ2v) is 7.11. The number of rotatable bonds is 7. The maximum atomic E-state index is 12.3. The van der Waals surface area contributed by atoms with Crippen LogP contribution in [0.3, 0.4) is 0 Å². The minimum Gasteiger partial charge on any atom is -0.493 e. The lowest BCUT2D eigenvalue weighted by atomic mass is 10.2. The highest BCUT2D eigenvalue weighted by molar-refractivity contribution is 6.31. The Morgan fingerprint density at radius 1 is 1.06 bits per heavy atom. The summed E-state index contributed by atoms with van der Waals surface area (Å²) in [4.78, 5) is 12.3. The molecular formula is C24H19ClN2O4. The largest absolute Gasteiger partial charge is 0.493 e. The molecule has 7 heteroatoms. The van der Waals surface area contributed by atoms with Gasteiger partial charge in [0.1, 0.15) is 12.2 Å². The maximum Gasteiger partial charge on any atom is 0.307 e. The molecule has 0 atom stereocenters. The number of methoxy groups -OCH3 is 1. The van der Waals surface area contributed by atoms with Gasteiger partial charge in [0.05, 0.1) is 13.3 Å². The maximum absolute atomic E-state index is 12.3. The Morgan fingerprint density at radius 2 is 1.90 bits per heavy atom. The second-order valence-electron chi connectivity index (χ2n) is 6.68. The van der Waals surface area contributed by atoms with Crippen LogP contribution in [-0.4, -0.2) is 19.2 Å². The van der Waals surface area contributed by atoms with E-state index < -0.39 is 5.91 Å². The molecule has 1 amide bonds. The number of nitrogens with one attached hydrogen (secondary N) is 1. The van der Waals surface area contributed by atoms with Gasteiger partial charge >= 0.3 is 5.91 Å². The fourth-order valence-electron chi connectivity index (χ4n) is 2.97. The van der Waals surface area contributed by atoms with E-state index in [4.69, 9.17) is 25.5 Å². The summed E-state index contributed by atoms with van der Waals surface area (Å²) < 4.78 is 16.8. The number of ether oxygens (including phenoxy) is 2. The molecule has 1 aromatic heterocycles. The van der Waals surface area contributed by atoms with Crippen molar-refractivity contribution in [1.82, 2.24) is 5.43 Å². The van der Waals surface area contributed by atoms with E-state index >= 15 is 0 Å². The number of carbonyl (C=O) groups excluding carboxylic acids is 1. The zero-order valence-corrected chi connectivity index (χ0v) is 17.4. The molecule has 0 saturated heterocycles. The number of halogens is 1. The van der Waals surface area contributed by atoms with E-state index in [1.54, 1.807) is 43.5 Å². The molecule has 3 aromatic carbocycles. The second kappa shape index (κ2) is 9.36. The van der Waals surface area contributed by atoms with Gasteiger partial charge in [-0.05, 0) is 53.6 Å². The van der Waals surface area contributed by atoms with Crippen molar-refractivity contribution in [3.63, 3.8) is 0 Å². The fraction of sp³-hybridized carbons (Fsp3) is 0.0833. The number of nitrogens with zero attached hydrogens (tertiary/aromatic N) is 1. The van der Waals surface area contributed by atoms with Crippen molar-refractivity contribution in [3.8, 4) is 11.5 Å². The van der Waals surface area contributed by atoms with Crippen LogP contribution in [0.25, 0.3) is 11.0 Å². The average molecular weight is 435 g/mol. The quantitative estimate of drug-likeness (QED) is 0.310. The molecule has 6 nitrogen and oxygen atoms in total. The first kappa shape index (κ1) is 20.5. The summed E-state index contributed by atoms with van der Waals surface area (Å²) in [6.07, 6.45) is 1.52. The summed E-state index contributed by atoms with van der Waals surface area (Å²) in [5.74, 6) is 0.877. The van der Waals surface area contributed by atoms with E-state index in [1.807, 2.05) is 36.4 Å². The lowest BCUT2D eigenvalue weighted by Gasteiger charge is -2.11. The van der Waals surface area contributed by atoms with E-state index in [-0.39, 0.29) is 5.76 Å². The van der Waals surface area contributed by atoms with Crippen molar-refractivity contribution in [2.75, 3.05) is 7.11 Å². The molecule has 0 unspecified atom stereocenters. The minimum atomic E-state index is -0.461. The zero-order chi connectivity index (χ0) is 21.6. The molecule has 1 heterocycles. The van der Waals surface area contributed by atoms with E-state index in [0.717, 1.165) is 16.5 Å². The molecular weight excluding hydrogens is 416 g/mol. The minimum absolute atomic E-state index is 0.149. The van der Waals surface area contributed by atoms with Crippen LogP contribution in [0.1, 0.15) is 21.7 Å². The van der Waals surface area contributed by atoms with E-state index in [1.165, 1.54) is 6.21 Å². The molecule has 1 N–H and O–H groups in total. The first-order valence-corrected chi connectivity index (χ1v) is 9.87. The van der Waals surface area contributed by atoms with Gasteiger partial charge in [0.25, 0.3) is 0 Å². The van der Waals surface area contributed by atoms with Crippen LogP contribution in [0, 0.1) is 0 Å². The predicted octanol–water partition coefficient (Wildman–Crippen LogP) is 5.44. The van der Waals surface area contributed by atoms with Crippen molar-refractivity contribution in [3.05, 3.63) is 94.7 Å². The summed E-state index contributed by atoms with van der Waals surface area (Å²) >= 11 is 5.97. The lowest BCUT2D eigenvalue weighted by molar-refractivity contribution is 0.0929. The van der Waals surface area contributed by atoms with Crippen LogP contribution in [0.15, 0.2) is 82.3 Å². The Labute approximate surface area is 184 Å². The van der Waals surface area contributed by atoms with Gasteiger partial charge in [0.15, 0.2) is 17.3 Å². The number of hydrogen-bond acceptors (Lipinski definition) is 5. The molecule has 4 aromatic rings. The van der Waals surface area contributed by atoms with Gasteiger partial charge in [-0.2, -0.15) is 5.10 Å². The normalized spacial score (nSPS) is 11.0. The third-order valence-electron chi connectivity index (χ3n) is 4.51. The van der Waals surface area contributed by atoms with Crippen LogP contribution in [-0.2, 0) is 6.61 Å². The lowest BCUT2D eigenvalue weighted by Crippen LogP contribution is -2.16. The van der Waals surface area contributed by atoms with Gasteiger partial charge in [-0.1, -0.05) is 41.9 Å². The monoisotopic (exact) mass is 434 g/mol. The predicted molar refractivity (Wildman–Crippen MR) is 120 cm³/mol. The summed E-state index contributed by atoms with van der Waals surface area (Å²) in [5, 5.41) is 5.33. The van der Waals surface area contributed by atoms with Crippen LogP contribution in [0.4, 0.5) is 0 Å². The number of carbonyl (C=O) groups is 1. The smallest absolute Gasteiger partial charge is 0.307 e. The molecule has 156 valence electrons. The number of hydrazone groups is 1. The highest BCUT2D eigenvalue weighted by atomic mass is 35.5. The SMILES string of the molecule is COc1ccc(/C=N/NC(=O)c2cc3cc(Cl)ccc3o2)cc1OCc1ccccc1. The Kier molecular flexibility index (Phi) is 6.19. The topological polar surface area (TPSA) is 73.1 Å². The molecule has 4 rings (SSSR count). The van der Waals surface area contributed by atoms with E-state index in [0.29, 0.717) is 28.7 Å². The van der Waals surface area contributed by atoms with Crippen LogP contribution < -0.4 is 14.9 Å². The molecule has 0 spiro atoms. The summed E-state index contributed by atoms with van der Waals surface area (Å²) in [6, 6.07) is 22.0. The molecule has 0 radical (unpaired) electrons. The molecule has 0 saturated carbocycles. The standard InChI is InChI=1S/C24H19ClN2O4/c1-29-21-9-7-17(11-22(21)30-15-16-5-3-2-4-6-16)14-26-27-24(28)23-13-18-12-19(25)8-10-20(18)31-23/h2-14H,15H2,1H3,(H,27,28)/b26-14+. The average Bonchev–Trinajstić information content (AvgIpc) is 3.22. The Hall–Kier alpha value is -3.77. The number of benzene rings is 3. The van der Waals surface area contributed by atoms with E-state index in [9.17, 15) is 4.79 Å². The van der Waals surface area contributed by atoms with Crippen molar-refractivity contribution in [1.29, 1.82) is 0 Å². The highest BCUT2D eigenvalue weighted by Crippen LogP contribution is 2.28. The first-order chi connectivity index (χ1) is 15.1.